The number of benzene rings is 1. The lowest BCUT2D eigenvalue weighted by Crippen LogP contribution is -2.26. The number of aromatic hydroxyl groups is 2. The molecule has 0 bridgehead atoms. The van der Waals surface area contributed by atoms with E-state index in [1.165, 1.54) is 25.3 Å². The lowest BCUT2D eigenvalue weighted by atomic mass is 10.1. The van der Waals surface area contributed by atoms with Gasteiger partial charge in [0.05, 0.1) is 7.11 Å². The first-order valence-corrected chi connectivity index (χ1v) is 8.05. The van der Waals surface area contributed by atoms with Crippen LogP contribution in [0.25, 0.3) is 6.08 Å². The Hall–Kier alpha value is -2.25. The summed E-state index contributed by atoms with van der Waals surface area (Å²) in [6, 6.07) is 2.89. The van der Waals surface area contributed by atoms with Crippen molar-refractivity contribution in [3.63, 3.8) is 0 Å². The van der Waals surface area contributed by atoms with Crippen molar-refractivity contribution in [2.24, 2.45) is 5.73 Å². The number of hydrogen-bond acceptors (Lipinski definition) is 6. The number of ether oxygens (including phenoxy) is 1. The smallest absolute Gasteiger partial charge is 0.243 e. The molecule has 6 N–H and O–H groups in total. The van der Waals surface area contributed by atoms with E-state index < -0.39 is 0 Å². The molecule has 24 heavy (non-hydrogen) atoms. The van der Waals surface area contributed by atoms with Gasteiger partial charge in [0.1, 0.15) is 0 Å². The van der Waals surface area contributed by atoms with E-state index in [1.807, 2.05) is 0 Å². The Labute approximate surface area is 142 Å². The average molecular weight is 337 g/mol. The number of amides is 1. The highest BCUT2D eigenvalue weighted by Gasteiger charge is 2.08. The molecule has 0 heterocycles. The van der Waals surface area contributed by atoms with Crippen LogP contribution in [0.1, 0.15) is 24.8 Å². The predicted molar refractivity (Wildman–Crippen MR) is 94.1 cm³/mol. The molecule has 0 spiro atoms. The van der Waals surface area contributed by atoms with E-state index in [2.05, 4.69) is 10.6 Å². The number of nitrogens with one attached hydrogen (secondary N) is 2. The third-order valence-corrected chi connectivity index (χ3v) is 3.36. The van der Waals surface area contributed by atoms with Gasteiger partial charge in [0.25, 0.3) is 0 Å². The fraction of sp³-hybridized carbons (Fsp3) is 0.471. The molecule has 0 unspecified atom stereocenters. The van der Waals surface area contributed by atoms with Gasteiger partial charge in [0.2, 0.25) is 11.7 Å². The molecule has 1 aromatic rings. The van der Waals surface area contributed by atoms with E-state index >= 15 is 0 Å². The van der Waals surface area contributed by atoms with Crippen molar-refractivity contribution in [2.75, 3.05) is 33.3 Å². The molecule has 0 radical (unpaired) electrons. The standard InChI is InChI=1S/C17H27N3O4/c1-24-15-12-13(11-14(21)17(15)23)5-6-16(22)20-10-4-9-19-8-3-2-7-18/h5-6,11-12,19,21,23H,2-4,7-10,18H2,1H3,(H,20,22). The quantitative estimate of drug-likeness (QED) is 0.233. The van der Waals surface area contributed by atoms with Gasteiger partial charge in [0.15, 0.2) is 11.5 Å². The number of carbonyl (C=O) groups is 1. The second kappa shape index (κ2) is 11.3. The van der Waals surface area contributed by atoms with Gasteiger partial charge in [-0.3, -0.25) is 4.79 Å². The van der Waals surface area contributed by atoms with Crippen LogP contribution < -0.4 is 21.1 Å². The summed E-state index contributed by atoms with van der Waals surface area (Å²) in [4.78, 5) is 11.7. The maximum atomic E-state index is 11.7. The largest absolute Gasteiger partial charge is 0.504 e. The zero-order valence-corrected chi connectivity index (χ0v) is 14.0. The summed E-state index contributed by atoms with van der Waals surface area (Å²) in [5.41, 5.74) is 5.97. The van der Waals surface area contributed by atoms with E-state index in [9.17, 15) is 15.0 Å². The van der Waals surface area contributed by atoms with Crippen LogP contribution in [-0.2, 0) is 4.79 Å². The maximum Gasteiger partial charge on any atom is 0.243 e. The van der Waals surface area contributed by atoms with Crippen LogP contribution in [0.4, 0.5) is 0 Å². The van der Waals surface area contributed by atoms with Crippen molar-refractivity contribution in [3.05, 3.63) is 23.8 Å². The molecule has 0 saturated heterocycles. The van der Waals surface area contributed by atoms with E-state index in [1.54, 1.807) is 6.08 Å². The summed E-state index contributed by atoms with van der Waals surface area (Å²) >= 11 is 0. The molecular weight excluding hydrogens is 310 g/mol. The minimum absolute atomic E-state index is 0.149. The van der Waals surface area contributed by atoms with E-state index in [0.29, 0.717) is 12.1 Å². The molecule has 0 saturated carbocycles. The first-order valence-electron chi connectivity index (χ1n) is 8.05. The van der Waals surface area contributed by atoms with Crippen molar-refractivity contribution < 1.29 is 19.7 Å². The van der Waals surface area contributed by atoms with Crippen molar-refractivity contribution in [1.82, 2.24) is 10.6 Å². The first-order chi connectivity index (χ1) is 11.6. The van der Waals surface area contributed by atoms with Crippen LogP contribution in [0.5, 0.6) is 17.2 Å². The highest BCUT2D eigenvalue weighted by Crippen LogP contribution is 2.36. The van der Waals surface area contributed by atoms with Gasteiger partial charge in [-0.05, 0) is 62.7 Å². The molecule has 0 aliphatic carbocycles. The van der Waals surface area contributed by atoms with Crippen molar-refractivity contribution in [1.29, 1.82) is 0 Å². The highest BCUT2D eigenvalue weighted by atomic mass is 16.5. The Bertz CT molecular complexity index is 547. The molecule has 0 fully saturated rings. The minimum Gasteiger partial charge on any atom is -0.504 e. The van der Waals surface area contributed by atoms with Gasteiger partial charge in [-0.25, -0.2) is 0 Å². The first kappa shape index (κ1) is 19.8. The molecule has 0 aliphatic heterocycles. The number of nitrogens with two attached hydrogens (primary N) is 1. The highest BCUT2D eigenvalue weighted by molar-refractivity contribution is 5.91. The molecule has 0 aromatic heterocycles. The number of carbonyl (C=O) groups excluding carboxylic acids is 1. The number of phenols is 2. The van der Waals surface area contributed by atoms with Crippen LogP contribution in [0.15, 0.2) is 18.2 Å². The van der Waals surface area contributed by atoms with Crippen LogP contribution in [-0.4, -0.2) is 49.4 Å². The van der Waals surface area contributed by atoms with E-state index in [4.69, 9.17) is 10.5 Å². The zero-order chi connectivity index (χ0) is 17.8. The van der Waals surface area contributed by atoms with Crippen molar-refractivity contribution in [3.8, 4) is 17.2 Å². The summed E-state index contributed by atoms with van der Waals surface area (Å²) in [5, 5.41) is 25.2. The SMILES string of the molecule is COc1cc(C=CC(=O)NCCCNCCCCN)cc(O)c1O. The summed E-state index contributed by atoms with van der Waals surface area (Å²) in [5.74, 6) is -0.686. The molecule has 1 rings (SSSR count). The molecule has 0 aliphatic rings. The molecular formula is C17H27N3O4. The third-order valence-electron chi connectivity index (χ3n) is 3.36. The number of hydrogen-bond donors (Lipinski definition) is 5. The molecule has 7 heteroatoms. The lowest BCUT2D eigenvalue weighted by Gasteiger charge is -2.06. The molecule has 1 aromatic carbocycles. The lowest BCUT2D eigenvalue weighted by molar-refractivity contribution is -0.116. The monoisotopic (exact) mass is 337 g/mol. The Morgan fingerprint density at radius 3 is 2.67 bits per heavy atom. The summed E-state index contributed by atoms with van der Waals surface area (Å²) in [6.45, 7) is 3.08. The zero-order valence-electron chi connectivity index (χ0n) is 14.0. The summed E-state index contributed by atoms with van der Waals surface area (Å²) < 4.78 is 4.94. The van der Waals surface area contributed by atoms with Gasteiger partial charge in [-0.2, -0.15) is 0 Å². The van der Waals surface area contributed by atoms with Gasteiger partial charge in [-0.1, -0.05) is 0 Å². The topological polar surface area (TPSA) is 117 Å². The fourth-order valence-electron chi connectivity index (χ4n) is 2.04. The second-order valence-electron chi connectivity index (χ2n) is 5.31. The number of phenolic OH excluding ortho intramolecular Hbond substituents is 2. The van der Waals surface area contributed by atoms with Crippen molar-refractivity contribution >= 4 is 12.0 Å². The number of methoxy groups -OCH3 is 1. The van der Waals surface area contributed by atoms with Crippen LogP contribution in [0.3, 0.4) is 0 Å². The molecule has 7 nitrogen and oxygen atoms in total. The number of rotatable bonds is 11. The van der Waals surface area contributed by atoms with Gasteiger partial charge >= 0.3 is 0 Å². The van der Waals surface area contributed by atoms with Gasteiger partial charge < -0.3 is 31.3 Å². The Morgan fingerprint density at radius 2 is 1.96 bits per heavy atom. The Balaban J connectivity index is 2.30. The van der Waals surface area contributed by atoms with Gasteiger partial charge in [0, 0.05) is 12.6 Å². The van der Waals surface area contributed by atoms with Crippen LogP contribution in [0.2, 0.25) is 0 Å². The molecule has 1 amide bonds. The molecule has 134 valence electrons. The van der Waals surface area contributed by atoms with Crippen molar-refractivity contribution in [2.45, 2.75) is 19.3 Å². The predicted octanol–water partition coefficient (Wildman–Crippen LogP) is 0.954. The van der Waals surface area contributed by atoms with Crippen LogP contribution in [0, 0.1) is 0 Å². The third kappa shape index (κ3) is 7.34. The fourth-order valence-corrected chi connectivity index (χ4v) is 2.04. The molecule has 0 atom stereocenters. The number of unbranched alkanes of at least 4 members (excludes halogenated alkanes) is 1. The van der Waals surface area contributed by atoms with E-state index in [0.717, 1.165) is 38.9 Å². The van der Waals surface area contributed by atoms with Crippen LogP contribution >= 0.6 is 0 Å². The normalized spacial score (nSPS) is 10.9. The summed E-state index contributed by atoms with van der Waals surface area (Å²) in [7, 11) is 1.39. The Kier molecular flexibility index (Phi) is 9.33. The second-order valence-corrected chi connectivity index (χ2v) is 5.31. The van der Waals surface area contributed by atoms with Gasteiger partial charge in [-0.15, -0.1) is 0 Å². The average Bonchev–Trinajstić information content (AvgIpc) is 2.58. The van der Waals surface area contributed by atoms with E-state index in [-0.39, 0.29) is 23.2 Å². The Morgan fingerprint density at radius 1 is 1.21 bits per heavy atom. The minimum atomic E-state index is -0.321. The maximum absolute atomic E-state index is 11.7. The summed E-state index contributed by atoms with van der Waals surface area (Å²) in [6.07, 6.45) is 5.85.